The summed E-state index contributed by atoms with van der Waals surface area (Å²) >= 11 is 0. The van der Waals surface area contributed by atoms with Crippen molar-refractivity contribution < 1.29 is 14.4 Å². The van der Waals surface area contributed by atoms with Gasteiger partial charge in [-0.15, -0.1) is 0 Å². The van der Waals surface area contributed by atoms with Gasteiger partial charge in [-0.1, -0.05) is 25.1 Å². The van der Waals surface area contributed by atoms with Crippen LogP contribution in [0.3, 0.4) is 0 Å². The highest BCUT2D eigenvalue weighted by molar-refractivity contribution is 5.92. The van der Waals surface area contributed by atoms with E-state index in [-0.39, 0.29) is 30.2 Å². The molecule has 1 unspecified atom stereocenters. The van der Waals surface area contributed by atoms with Gasteiger partial charge in [0, 0.05) is 19.2 Å². The monoisotopic (exact) mass is 335 g/mol. The summed E-state index contributed by atoms with van der Waals surface area (Å²) in [5.41, 5.74) is 4.80. The molecular formula is C15H21N5O4. The second kappa shape index (κ2) is 9.82. The number of primary amides is 1. The van der Waals surface area contributed by atoms with Crippen LogP contribution in [-0.2, 0) is 4.79 Å². The van der Waals surface area contributed by atoms with E-state index >= 15 is 0 Å². The van der Waals surface area contributed by atoms with Crippen molar-refractivity contribution in [1.29, 1.82) is 0 Å². The lowest BCUT2D eigenvalue weighted by Gasteiger charge is -2.14. The molecule has 1 aromatic heterocycles. The summed E-state index contributed by atoms with van der Waals surface area (Å²) in [5, 5.41) is 7.54. The molecule has 0 spiro atoms. The van der Waals surface area contributed by atoms with Crippen LogP contribution >= 0.6 is 0 Å². The molecule has 0 radical (unpaired) electrons. The second-order valence-corrected chi connectivity index (χ2v) is 4.82. The van der Waals surface area contributed by atoms with Crippen molar-refractivity contribution in [2.45, 2.75) is 19.4 Å². The van der Waals surface area contributed by atoms with E-state index in [9.17, 15) is 19.2 Å². The van der Waals surface area contributed by atoms with Gasteiger partial charge in [0.1, 0.15) is 11.7 Å². The Morgan fingerprint density at radius 2 is 1.88 bits per heavy atom. The summed E-state index contributed by atoms with van der Waals surface area (Å²) in [4.78, 5) is 47.7. The molecule has 0 saturated carbocycles. The van der Waals surface area contributed by atoms with Crippen molar-refractivity contribution in [3.63, 3.8) is 0 Å². The van der Waals surface area contributed by atoms with Crippen LogP contribution in [0.5, 0.6) is 0 Å². The number of rotatable bonds is 8. The molecule has 0 fully saturated rings. The van der Waals surface area contributed by atoms with Crippen molar-refractivity contribution in [1.82, 2.24) is 20.9 Å². The summed E-state index contributed by atoms with van der Waals surface area (Å²) in [6.07, 6.45) is 3.73. The van der Waals surface area contributed by atoms with Gasteiger partial charge in [-0.25, -0.2) is 4.79 Å². The van der Waals surface area contributed by atoms with E-state index in [0.717, 1.165) is 0 Å². The Hall–Kier alpha value is -3.10. The molecule has 24 heavy (non-hydrogen) atoms. The van der Waals surface area contributed by atoms with Crippen molar-refractivity contribution in [3.05, 3.63) is 46.4 Å². The Bertz CT molecular complexity index is 668. The molecule has 9 heteroatoms. The van der Waals surface area contributed by atoms with Gasteiger partial charge in [-0.3, -0.25) is 14.4 Å². The van der Waals surface area contributed by atoms with E-state index in [2.05, 4.69) is 20.9 Å². The van der Waals surface area contributed by atoms with Gasteiger partial charge in [0.2, 0.25) is 11.5 Å². The number of amides is 4. The molecule has 130 valence electrons. The van der Waals surface area contributed by atoms with Crippen molar-refractivity contribution in [2.75, 3.05) is 13.1 Å². The number of hydrogen-bond acceptors (Lipinski definition) is 4. The number of hydrogen-bond donors (Lipinski definition) is 5. The van der Waals surface area contributed by atoms with E-state index < -0.39 is 18.0 Å². The molecule has 1 rings (SSSR count). The standard InChI is InChI=1S/C15H21N5O4/c1-2-10(20-15(16)24)13(22)17-8-3-4-9-18-14(23)11-6-5-7-12(21)19-11/h3-7,10H,2,8-9H2,1H3,(H,17,22)(H,18,23)(H,19,21)(H3,16,20,24)/b4-3+. The molecule has 0 aliphatic carbocycles. The zero-order valence-electron chi connectivity index (χ0n) is 13.3. The zero-order valence-corrected chi connectivity index (χ0v) is 13.3. The smallest absolute Gasteiger partial charge is 0.312 e. The van der Waals surface area contributed by atoms with Gasteiger partial charge >= 0.3 is 6.03 Å². The Morgan fingerprint density at radius 1 is 1.21 bits per heavy atom. The average molecular weight is 335 g/mol. The topological polar surface area (TPSA) is 146 Å². The number of nitrogens with one attached hydrogen (secondary N) is 4. The third-order valence-electron chi connectivity index (χ3n) is 3.00. The average Bonchev–Trinajstić information content (AvgIpc) is 2.55. The van der Waals surface area contributed by atoms with E-state index in [0.29, 0.717) is 6.42 Å². The van der Waals surface area contributed by atoms with Gasteiger partial charge in [-0.2, -0.15) is 0 Å². The number of H-pyrrole nitrogens is 1. The Balaban J connectivity index is 2.31. The highest BCUT2D eigenvalue weighted by atomic mass is 16.2. The van der Waals surface area contributed by atoms with Gasteiger partial charge in [0.25, 0.3) is 5.91 Å². The highest BCUT2D eigenvalue weighted by Crippen LogP contribution is 1.91. The van der Waals surface area contributed by atoms with Gasteiger partial charge in [0.05, 0.1) is 0 Å². The van der Waals surface area contributed by atoms with Crippen molar-refractivity contribution in [2.24, 2.45) is 5.73 Å². The minimum Gasteiger partial charge on any atom is -0.352 e. The highest BCUT2D eigenvalue weighted by Gasteiger charge is 2.16. The van der Waals surface area contributed by atoms with Crippen molar-refractivity contribution in [3.8, 4) is 0 Å². The minimum atomic E-state index is -0.755. The van der Waals surface area contributed by atoms with E-state index in [1.807, 2.05) is 0 Å². The van der Waals surface area contributed by atoms with Crippen LogP contribution in [0.4, 0.5) is 4.79 Å². The number of pyridine rings is 1. The first kappa shape index (κ1) is 18.9. The Labute approximate surface area is 138 Å². The van der Waals surface area contributed by atoms with Gasteiger partial charge < -0.3 is 26.7 Å². The zero-order chi connectivity index (χ0) is 17.9. The predicted molar refractivity (Wildman–Crippen MR) is 88.3 cm³/mol. The van der Waals surface area contributed by atoms with E-state index in [1.165, 1.54) is 18.2 Å². The normalized spacial score (nSPS) is 11.7. The van der Waals surface area contributed by atoms with Crippen molar-refractivity contribution >= 4 is 17.8 Å². The summed E-state index contributed by atoms with van der Waals surface area (Å²) < 4.78 is 0. The summed E-state index contributed by atoms with van der Waals surface area (Å²) in [6, 6.07) is 2.87. The maximum absolute atomic E-state index is 11.7. The number of carbonyl (C=O) groups excluding carboxylic acids is 3. The van der Waals surface area contributed by atoms with E-state index in [1.54, 1.807) is 19.1 Å². The van der Waals surface area contributed by atoms with Gasteiger partial charge in [0.15, 0.2) is 0 Å². The van der Waals surface area contributed by atoms with Gasteiger partial charge in [-0.05, 0) is 12.5 Å². The summed E-state index contributed by atoms with van der Waals surface area (Å²) in [6.45, 7) is 2.23. The molecule has 0 aromatic carbocycles. The first-order chi connectivity index (χ1) is 11.4. The summed E-state index contributed by atoms with van der Waals surface area (Å²) in [5.74, 6) is -0.745. The second-order valence-electron chi connectivity index (χ2n) is 4.82. The molecule has 0 saturated heterocycles. The molecule has 1 atom stereocenters. The molecule has 1 heterocycles. The number of carbonyl (C=O) groups is 3. The SMILES string of the molecule is CCC(NC(N)=O)C(=O)NC/C=C/CNC(=O)c1cccc(=O)[nH]1. The quantitative estimate of drug-likeness (QED) is 0.397. The molecular weight excluding hydrogens is 314 g/mol. The maximum Gasteiger partial charge on any atom is 0.312 e. The molecule has 0 bridgehead atoms. The molecule has 0 aliphatic heterocycles. The lowest BCUT2D eigenvalue weighted by Crippen LogP contribution is -2.48. The lowest BCUT2D eigenvalue weighted by molar-refractivity contribution is -0.122. The first-order valence-electron chi connectivity index (χ1n) is 7.40. The van der Waals surface area contributed by atoms with Crippen LogP contribution in [0.15, 0.2) is 35.1 Å². The van der Waals surface area contributed by atoms with Crippen LogP contribution in [0, 0.1) is 0 Å². The molecule has 6 N–H and O–H groups in total. The lowest BCUT2D eigenvalue weighted by atomic mass is 10.2. The van der Waals surface area contributed by atoms with E-state index in [4.69, 9.17) is 5.73 Å². The fraction of sp³-hybridized carbons (Fsp3) is 0.333. The predicted octanol–water partition coefficient (Wildman–Crippen LogP) is -0.776. The number of nitrogens with two attached hydrogens (primary N) is 1. The number of urea groups is 1. The maximum atomic E-state index is 11.7. The third kappa shape index (κ3) is 6.77. The van der Waals surface area contributed by atoms with Crippen LogP contribution in [-0.4, -0.2) is 42.0 Å². The Morgan fingerprint density at radius 3 is 2.46 bits per heavy atom. The number of aromatic nitrogens is 1. The minimum absolute atomic E-state index is 0.174. The molecule has 1 aromatic rings. The van der Waals surface area contributed by atoms with Crippen LogP contribution in [0.25, 0.3) is 0 Å². The summed E-state index contributed by atoms with van der Waals surface area (Å²) in [7, 11) is 0. The van der Waals surface area contributed by atoms with Crippen LogP contribution < -0.4 is 27.2 Å². The molecule has 9 nitrogen and oxygen atoms in total. The van der Waals surface area contributed by atoms with Crippen LogP contribution in [0.2, 0.25) is 0 Å². The van der Waals surface area contributed by atoms with Crippen LogP contribution in [0.1, 0.15) is 23.8 Å². The fourth-order valence-corrected chi connectivity index (χ4v) is 1.80. The molecule has 4 amide bonds. The largest absolute Gasteiger partial charge is 0.352 e. The third-order valence-corrected chi connectivity index (χ3v) is 3.00. The molecule has 0 aliphatic rings. The number of aromatic amines is 1. The fourth-order valence-electron chi connectivity index (χ4n) is 1.80. The first-order valence-corrected chi connectivity index (χ1v) is 7.40. The Kier molecular flexibility index (Phi) is 7.76.